The van der Waals surface area contributed by atoms with Crippen LogP contribution in [0.4, 0.5) is 5.00 Å². The van der Waals surface area contributed by atoms with Crippen molar-refractivity contribution < 1.29 is 9.53 Å². The van der Waals surface area contributed by atoms with Crippen LogP contribution in [0.15, 0.2) is 11.6 Å². The molecule has 2 heterocycles. The number of esters is 1. The van der Waals surface area contributed by atoms with Crippen LogP contribution in [0.5, 0.6) is 0 Å². The Morgan fingerprint density at radius 3 is 2.75 bits per heavy atom. The number of thiazole rings is 1. The van der Waals surface area contributed by atoms with Gasteiger partial charge in [-0.2, -0.15) is 5.26 Å². The summed E-state index contributed by atoms with van der Waals surface area (Å²) in [4.78, 5) is 17.7. The lowest BCUT2D eigenvalue weighted by molar-refractivity contribution is 0.0527. The molecule has 5 nitrogen and oxygen atoms in total. The van der Waals surface area contributed by atoms with Gasteiger partial charge in [-0.1, -0.05) is 6.92 Å². The molecular weight excluding hydrogens is 342 g/mol. The van der Waals surface area contributed by atoms with Crippen LogP contribution < -0.4 is 5.32 Å². The van der Waals surface area contributed by atoms with Crippen molar-refractivity contribution in [2.24, 2.45) is 0 Å². The van der Waals surface area contributed by atoms with Gasteiger partial charge in [0, 0.05) is 22.2 Å². The number of thiophene rings is 1. The summed E-state index contributed by atoms with van der Waals surface area (Å²) in [7, 11) is 0. The van der Waals surface area contributed by atoms with Gasteiger partial charge in [0.1, 0.15) is 21.7 Å². The number of aryl methyl sites for hydroxylation is 2. The topological polar surface area (TPSA) is 75.0 Å². The monoisotopic (exact) mass is 361 g/mol. The second kappa shape index (κ2) is 8.08. The average Bonchev–Trinajstić information content (AvgIpc) is 3.11. The van der Waals surface area contributed by atoms with Crippen molar-refractivity contribution in [1.82, 2.24) is 4.98 Å². The van der Waals surface area contributed by atoms with Crippen molar-refractivity contribution in [3.05, 3.63) is 38.3 Å². The molecule has 126 valence electrons. The number of rotatable bonds is 6. The third-order valence-corrected chi connectivity index (χ3v) is 5.43. The highest BCUT2D eigenvalue weighted by atomic mass is 32.1. The van der Waals surface area contributed by atoms with Gasteiger partial charge in [-0.05, 0) is 32.8 Å². The number of nitriles is 1. The standard InChI is InChI=1S/C17H19N3O2S2/c1-5-13-11(4)24-16(14(13)17(21)22-6-2)19-8-12(7-18)15-20-10(3)9-23-15/h8-9,19H,5-6H2,1-4H3/b12-8+. The van der Waals surface area contributed by atoms with E-state index < -0.39 is 0 Å². The zero-order chi connectivity index (χ0) is 17.7. The number of nitrogens with one attached hydrogen (secondary N) is 1. The Kier molecular flexibility index (Phi) is 6.12. The fourth-order valence-electron chi connectivity index (χ4n) is 2.28. The smallest absolute Gasteiger partial charge is 0.341 e. The molecule has 2 aromatic rings. The van der Waals surface area contributed by atoms with Crippen LogP contribution in [0.3, 0.4) is 0 Å². The number of hydrogen-bond acceptors (Lipinski definition) is 7. The molecule has 0 fully saturated rings. The molecule has 0 amide bonds. The van der Waals surface area contributed by atoms with E-state index in [2.05, 4.69) is 16.4 Å². The predicted molar refractivity (Wildman–Crippen MR) is 98.5 cm³/mol. The Hall–Kier alpha value is -2.17. The summed E-state index contributed by atoms with van der Waals surface area (Å²) < 4.78 is 5.18. The van der Waals surface area contributed by atoms with Gasteiger partial charge >= 0.3 is 5.97 Å². The van der Waals surface area contributed by atoms with Gasteiger partial charge in [-0.25, -0.2) is 9.78 Å². The fourth-order valence-corrected chi connectivity index (χ4v) is 4.15. The summed E-state index contributed by atoms with van der Waals surface area (Å²) in [5, 5.41) is 15.7. The second-order valence-corrected chi connectivity index (χ2v) is 7.11. The van der Waals surface area contributed by atoms with Crippen molar-refractivity contribution in [2.75, 3.05) is 11.9 Å². The zero-order valence-electron chi connectivity index (χ0n) is 14.1. The minimum absolute atomic E-state index is 0.327. The SMILES string of the molecule is CCOC(=O)c1c(N/C=C(\C#N)c2nc(C)cs2)sc(C)c1CC. The molecule has 0 aliphatic rings. The van der Waals surface area contributed by atoms with E-state index in [4.69, 9.17) is 4.74 Å². The van der Waals surface area contributed by atoms with Gasteiger partial charge in [-0.15, -0.1) is 22.7 Å². The molecule has 24 heavy (non-hydrogen) atoms. The number of carbonyl (C=O) groups excluding carboxylic acids is 1. The maximum absolute atomic E-state index is 12.3. The maximum atomic E-state index is 12.3. The van der Waals surface area contributed by atoms with E-state index >= 15 is 0 Å². The molecule has 0 aliphatic heterocycles. The van der Waals surface area contributed by atoms with Gasteiger partial charge in [0.15, 0.2) is 0 Å². The molecule has 0 unspecified atom stereocenters. The highest BCUT2D eigenvalue weighted by molar-refractivity contribution is 7.16. The van der Waals surface area contributed by atoms with Crippen molar-refractivity contribution >= 4 is 39.2 Å². The van der Waals surface area contributed by atoms with Crippen LogP contribution in [-0.2, 0) is 11.2 Å². The van der Waals surface area contributed by atoms with E-state index in [1.165, 1.54) is 22.7 Å². The summed E-state index contributed by atoms with van der Waals surface area (Å²) in [6.07, 6.45) is 2.35. The molecule has 0 saturated heterocycles. The van der Waals surface area contributed by atoms with Crippen molar-refractivity contribution in [3.8, 4) is 6.07 Å². The third kappa shape index (κ3) is 3.83. The summed E-state index contributed by atoms with van der Waals surface area (Å²) in [6, 6.07) is 2.15. The summed E-state index contributed by atoms with van der Waals surface area (Å²) in [5.41, 5.74) is 2.86. The quantitative estimate of drug-likeness (QED) is 0.604. The molecule has 1 N–H and O–H groups in total. The van der Waals surface area contributed by atoms with E-state index in [1.54, 1.807) is 13.1 Å². The molecule has 0 atom stereocenters. The molecule has 0 spiro atoms. The number of ether oxygens (including phenoxy) is 1. The van der Waals surface area contributed by atoms with Crippen molar-refractivity contribution in [2.45, 2.75) is 34.1 Å². The van der Waals surface area contributed by atoms with Gasteiger partial charge < -0.3 is 10.1 Å². The Morgan fingerprint density at radius 1 is 1.46 bits per heavy atom. The summed E-state index contributed by atoms with van der Waals surface area (Å²) in [5.74, 6) is -0.335. The summed E-state index contributed by atoms with van der Waals surface area (Å²) >= 11 is 2.91. The normalized spacial score (nSPS) is 11.2. The molecule has 2 rings (SSSR count). The van der Waals surface area contributed by atoms with E-state index in [0.29, 0.717) is 27.8 Å². The molecule has 0 aromatic carbocycles. The number of aromatic nitrogens is 1. The van der Waals surface area contributed by atoms with Crippen LogP contribution >= 0.6 is 22.7 Å². The van der Waals surface area contributed by atoms with Crippen LogP contribution in [-0.4, -0.2) is 17.6 Å². The minimum atomic E-state index is -0.335. The van der Waals surface area contributed by atoms with E-state index in [-0.39, 0.29) is 5.97 Å². The largest absolute Gasteiger partial charge is 0.462 e. The van der Waals surface area contributed by atoms with Gasteiger partial charge in [0.2, 0.25) is 0 Å². The van der Waals surface area contributed by atoms with E-state index in [9.17, 15) is 10.1 Å². The number of allylic oxidation sites excluding steroid dienone is 1. The first-order chi connectivity index (χ1) is 11.5. The minimum Gasteiger partial charge on any atom is -0.462 e. The van der Waals surface area contributed by atoms with Crippen molar-refractivity contribution in [1.29, 1.82) is 5.26 Å². The number of carbonyl (C=O) groups is 1. The zero-order valence-corrected chi connectivity index (χ0v) is 15.7. The Balaban J connectivity index is 2.37. The lowest BCUT2D eigenvalue weighted by Crippen LogP contribution is -2.08. The van der Waals surface area contributed by atoms with Crippen LogP contribution in [0.25, 0.3) is 5.57 Å². The van der Waals surface area contributed by atoms with Crippen LogP contribution in [0.1, 0.15) is 45.3 Å². The third-order valence-electron chi connectivity index (χ3n) is 3.36. The first-order valence-corrected chi connectivity index (χ1v) is 9.30. The number of anilines is 1. The van der Waals surface area contributed by atoms with Gasteiger partial charge in [-0.3, -0.25) is 0 Å². The lowest BCUT2D eigenvalue weighted by Gasteiger charge is -2.06. The molecular formula is C17H19N3O2S2. The summed E-state index contributed by atoms with van der Waals surface area (Å²) in [6.45, 7) is 7.99. The fraction of sp³-hybridized carbons (Fsp3) is 0.353. The number of nitrogens with zero attached hydrogens (tertiary/aromatic N) is 2. The predicted octanol–water partition coefficient (Wildman–Crippen LogP) is 4.54. The molecule has 0 aliphatic carbocycles. The van der Waals surface area contributed by atoms with E-state index in [1.807, 2.05) is 26.2 Å². The Morgan fingerprint density at radius 2 is 2.21 bits per heavy atom. The molecule has 0 radical (unpaired) electrons. The van der Waals surface area contributed by atoms with Crippen LogP contribution in [0.2, 0.25) is 0 Å². The van der Waals surface area contributed by atoms with Gasteiger partial charge in [0.25, 0.3) is 0 Å². The average molecular weight is 361 g/mol. The Bertz CT molecular complexity index is 812. The molecule has 0 saturated carbocycles. The maximum Gasteiger partial charge on any atom is 0.341 e. The first kappa shape index (κ1) is 18.2. The highest BCUT2D eigenvalue weighted by Crippen LogP contribution is 2.34. The van der Waals surface area contributed by atoms with Crippen LogP contribution in [0, 0.1) is 25.2 Å². The highest BCUT2D eigenvalue weighted by Gasteiger charge is 2.22. The lowest BCUT2D eigenvalue weighted by atomic mass is 10.1. The molecule has 2 aromatic heterocycles. The van der Waals surface area contributed by atoms with Crippen molar-refractivity contribution in [3.63, 3.8) is 0 Å². The molecule has 7 heteroatoms. The first-order valence-electron chi connectivity index (χ1n) is 7.60. The van der Waals surface area contributed by atoms with Gasteiger partial charge in [0.05, 0.1) is 12.2 Å². The molecule has 0 bridgehead atoms. The van der Waals surface area contributed by atoms with E-state index in [0.717, 1.165) is 22.6 Å². The number of hydrogen-bond donors (Lipinski definition) is 1. The second-order valence-electron chi connectivity index (χ2n) is 5.02. The Labute approximate surface area is 149 Å².